The molecule has 0 spiro atoms. The summed E-state index contributed by atoms with van der Waals surface area (Å²) in [5.41, 5.74) is 1.47. The minimum Gasteiger partial charge on any atom is -0.497 e. The lowest BCUT2D eigenvalue weighted by Gasteiger charge is -2.22. The maximum Gasteiger partial charge on any atom is 0.332 e. The topological polar surface area (TPSA) is 79.0 Å². The zero-order valence-electron chi connectivity index (χ0n) is 18.2. The van der Waals surface area contributed by atoms with Crippen molar-refractivity contribution in [3.05, 3.63) is 89.2 Å². The zero-order valence-corrected chi connectivity index (χ0v) is 19.0. The fourth-order valence-corrected chi connectivity index (χ4v) is 3.90. The molecular weight excluding hydrogens is 461 g/mol. The van der Waals surface area contributed by atoms with E-state index in [9.17, 15) is 18.8 Å². The highest BCUT2D eigenvalue weighted by Crippen LogP contribution is 2.30. The second-order valence-corrected chi connectivity index (χ2v) is 8.12. The van der Waals surface area contributed by atoms with Crippen molar-refractivity contribution in [3.63, 3.8) is 0 Å². The van der Waals surface area contributed by atoms with E-state index in [0.29, 0.717) is 22.1 Å². The second kappa shape index (κ2) is 9.93. The third kappa shape index (κ3) is 5.02. The number of rotatable bonds is 7. The number of urea groups is 1. The van der Waals surface area contributed by atoms with Crippen molar-refractivity contribution < 1.29 is 23.5 Å². The molecule has 34 heavy (non-hydrogen) atoms. The molecule has 1 heterocycles. The number of carbonyl (C=O) groups is 3. The molecule has 1 aliphatic heterocycles. The number of imide groups is 1. The number of ether oxygens (including phenoxy) is 1. The number of methoxy groups -OCH3 is 1. The number of anilines is 2. The van der Waals surface area contributed by atoms with Crippen LogP contribution in [0.2, 0.25) is 5.02 Å². The predicted molar refractivity (Wildman–Crippen MR) is 126 cm³/mol. The van der Waals surface area contributed by atoms with Crippen molar-refractivity contribution in [1.82, 2.24) is 4.90 Å². The third-order valence-electron chi connectivity index (χ3n) is 5.40. The SMILES string of the molecule is COc1ccc(CN2C(=O)N(c3cccc(Cl)c3)C(=O)C2CC(=O)Nc2ccc(F)cc2)cc1. The van der Waals surface area contributed by atoms with E-state index in [0.717, 1.165) is 10.5 Å². The number of halogens is 2. The van der Waals surface area contributed by atoms with Crippen LogP contribution < -0.4 is 15.0 Å². The standard InChI is InChI=1S/C25H21ClFN3O4/c1-34-21-11-5-16(6-12-21)15-29-22(14-23(31)28-19-9-7-18(27)8-10-19)24(32)30(25(29)33)20-4-2-3-17(26)13-20/h2-13,22H,14-15H2,1H3,(H,28,31). The molecule has 1 fully saturated rings. The summed E-state index contributed by atoms with van der Waals surface area (Å²) in [6, 6.07) is 17.2. The summed E-state index contributed by atoms with van der Waals surface area (Å²) in [4.78, 5) is 41.8. The van der Waals surface area contributed by atoms with Crippen LogP contribution >= 0.6 is 11.6 Å². The molecule has 9 heteroatoms. The Hall–Kier alpha value is -3.91. The molecule has 1 aliphatic rings. The Balaban J connectivity index is 1.60. The normalized spacial score (nSPS) is 15.6. The number of nitrogens with one attached hydrogen (secondary N) is 1. The molecule has 1 unspecified atom stereocenters. The molecule has 4 rings (SSSR count). The molecule has 3 aromatic carbocycles. The Labute approximate surface area is 200 Å². The predicted octanol–water partition coefficient (Wildman–Crippen LogP) is 4.85. The summed E-state index contributed by atoms with van der Waals surface area (Å²) in [6.45, 7) is 0.111. The van der Waals surface area contributed by atoms with E-state index in [-0.39, 0.29) is 13.0 Å². The van der Waals surface area contributed by atoms with Gasteiger partial charge in [0.25, 0.3) is 5.91 Å². The highest BCUT2D eigenvalue weighted by molar-refractivity contribution is 6.31. The molecular formula is C25H21ClFN3O4. The van der Waals surface area contributed by atoms with Crippen LogP contribution in [0.5, 0.6) is 5.75 Å². The van der Waals surface area contributed by atoms with E-state index >= 15 is 0 Å². The van der Waals surface area contributed by atoms with Crippen molar-refractivity contribution in [2.45, 2.75) is 19.0 Å². The molecule has 4 amide bonds. The largest absolute Gasteiger partial charge is 0.497 e. The van der Waals surface area contributed by atoms with Gasteiger partial charge in [0.2, 0.25) is 5.91 Å². The maximum atomic E-state index is 13.3. The Morgan fingerprint density at radius 1 is 1.06 bits per heavy atom. The van der Waals surface area contributed by atoms with E-state index in [2.05, 4.69) is 5.32 Å². The van der Waals surface area contributed by atoms with E-state index in [1.54, 1.807) is 49.6 Å². The summed E-state index contributed by atoms with van der Waals surface area (Å²) in [5.74, 6) is -0.791. The van der Waals surface area contributed by atoms with Crippen LogP contribution in [0.1, 0.15) is 12.0 Å². The number of hydrogen-bond donors (Lipinski definition) is 1. The van der Waals surface area contributed by atoms with E-state index in [1.165, 1.54) is 35.2 Å². The third-order valence-corrected chi connectivity index (χ3v) is 5.64. The molecule has 3 aromatic rings. The maximum absolute atomic E-state index is 13.3. The van der Waals surface area contributed by atoms with Gasteiger partial charge >= 0.3 is 6.03 Å². The Kier molecular flexibility index (Phi) is 6.79. The van der Waals surface area contributed by atoms with E-state index in [4.69, 9.17) is 16.3 Å². The van der Waals surface area contributed by atoms with Gasteiger partial charge in [0.05, 0.1) is 19.2 Å². The summed E-state index contributed by atoms with van der Waals surface area (Å²) < 4.78 is 18.3. The van der Waals surface area contributed by atoms with Gasteiger partial charge < -0.3 is 15.0 Å². The number of carbonyl (C=O) groups excluding carboxylic acids is 3. The Bertz CT molecular complexity index is 1220. The summed E-state index contributed by atoms with van der Waals surface area (Å²) in [6.07, 6.45) is -0.269. The second-order valence-electron chi connectivity index (χ2n) is 7.69. The molecule has 174 valence electrons. The van der Waals surface area contributed by atoms with E-state index < -0.39 is 29.7 Å². The smallest absolute Gasteiger partial charge is 0.332 e. The minimum atomic E-state index is -1.03. The van der Waals surface area contributed by atoms with Crippen molar-refractivity contribution in [2.75, 3.05) is 17.3 Å². The molecule has 1 saturated heterocycles. The average Bonchev–Trinajstić information content (AvgIpc) is 3.05. The van der Waals surface area contributed by atoms with E-state index in [1.807, 2.05) is 0 Å². The molecule has 0 bridgehead atoms. The molecule has 0 radical (unpaired) electrons. The Morgan fingerprint density at radius 2 is 1.76 bits per heavy atom. The molecule has 0 saturated carbocycles. The van der Waals surface area contributed by atoms with Crippen molar-refractivity contribution in [2.24, 2.45) is 0 Å². The monoisotopic (exact) mass is 481 g/mol. The molecule has 0 aromatic heterocycles. The first-order valence-electron chi connectivity index (χ1n) is 10.4. The molecule has 7 nitrogen and oxygen atoms in total. The molecule has 0 aliphatic carbocycles. The first-order valence-corrected chi connectivity index (χ1v) is 10.8. The van der Waals surface area contributed by atoms with Gasteiger partial charge in [0.15, 0.2) is 0 Å². The van der Waals surface area contributed by atoms with Crippen LogP contribution in [0.4, 0.5) is 20.6 Å². The van der Waals surface area contributed by atoms with Gasteiger partial charge in [-0.1, -0.05) is 29.8 Å². The Morgan fingerprint density at radius 3 is 2.41 bits per heavy atom. The lowest BCUT2D eigenvalue weighted by Crippen LogP contribution is -2.37. The number of hydrogen-bond acceptors (Lipinski definition) is 4. The van der Waals surface area contributed by atoms with Gasteiger partial charge in [-0.3, -0.25) is 9.59 Å². The van der Waals surface area contributed by atoms with Crippen molar-refractivity contribution in [3.8, 4) is 5.75 Å². The van der Waals surface area contributed by atoms with Crippen molar-refractivity contribution >= 4 is 40.8 Å². The molecule has 1 N–H and O–H groups in total. The van der Waals surface area contributed by atoms with Crippen LogP contribution in [0.3, 0.4) is 0 Å². The van der Waals surface area contributed by atoms with Gasteiger partial charge in [-0.25, -0.2) is 14.1 Å². The first kappa shape index (κ1) is 23.3. The van der Waals surface area contributed by atoms with Crippen LogP contribution in [0, 0.1) is 5.82 Å². The van der Waals surface area contributed by atoms with Crippen LogP contribution in [-0.4, -0.2) is 35.9 Å². The zero-order chi connectivity index (χ0) is 24.2. The highest BCUT2D eigenvalue weighted by Gasteiger charge is 2.46. The number of benzene rings is 3. The first-order chi connectivity index (χ1) is 16.4. The van der Waals surface area contributed by atoms with Gasteiger partial charge in [-0.15, -0.1) is 0 Å². The quantitative estimate of drug-likeness (QED) is 0.489. The number of nitrogens with zero attached hydrogens (tertiary/aromatic N) is 2. The van der Waals surface area contributed by atoms with Gasteiger partial charge in [0, 0.05) is 17.3 Å². The van der Waals surface area contributed by atoms with Crippen LogP contribution in [-0.2, 0) is 16.1 Å². The van der Waals surface area contributed by atoms with Gasteiger partial charge in [-0.05, 0) is 60.2 Å². The fraction of sp³-hybridized carbons (Fsp3) is 0.160. The average molecular weight is 482 g/mol. The van der Waals surface area contributed by atoms with Crippen molar-refractivity contribution in [1.29, 1.82) is 0 Å². The molecule has 1 atom stereocenters. The lowest BCUT2D eigenvalue weighted by atomic mass is 10.1. The lowest BCUT2D eigenvalue weighted by molar-refractivity contribution is -0.124. The summed E-state index contributed by atoms with van der Waals surface area (Å²) in [5, 5.41) is 3.02. The van der Waals surface area contributed by atoms with Crippen LogP contribution in [0.25, 0.3) is 0 Å². The van der Waals surface area contributed by atoms with Crippen LogP contribution in [0.15, 0.2) is 72.8 Å². The summed E-state index contributed by atoms with van der Waals surface area (Å²) in [7, 11) is 1.55. The minimum absolute atomic E-state index is 0.111. The van der Waals surface area contributed by atoms with Gasteiger partial charge in [0.1, 0.15) is 17.6 Å². The van der Waals surface area contributed by atoms with Gasteiger partial charge in [-0.2, -0.15) is 0 Å². The fourth-order valence-electron chi connectivity index (χ4n) is 3.72. The number of amides is 4. The summed E-state index contributed by atoms with van der Waals surface area (Å²) >= 11 is 6.07. The highest BCUT2D eigenvalue weighted by atomic mass is 35.5.